The second kappa shape index (κ2) is 6.76. The van der Waals surface area contributed by atoms with Gasteiger partial charge in [-0.15, -0.1) is 0 Å². The van der Waals surface area contributed by atoms with Crippen LogP contribution in [0.15, 0.2) is 12.2 Å². The van der Waals surface area contributed by atoms with Gasteiger partial charge in [0.1, 0.15) is 0 Å². The molecule has 6 atom stereocenters. The summed E-state index contributed by atoms with van der Waals surface area (Å²) in [6.07, 6.45) is 14.1. The fourth-order valence-corrected chi connectivity index (χ4v) is 7.67. The Bertz CT molecular complexity index is 726. The summed E-state index contributed by atoms with van der Waals surface area (Å²) in [4.78, 5) is 56.9. The first kappa shape index (κ1) is 18.8. The van der Waals surface area contributed by atoms with E-state index in [9.17, 15) is 19.2 Å². The number of likely N-dealkylation sites (tertiary alicyclic amines) is 2. The highest BCUT2D eigenvalue weighted by molar-refractivity contribution is 6.11. The molecule has 7 aliphatic rings. The summed E-state index contributed by atoms with van der Waals surface area (Å²) in [5, 5.41) is 0. The molecule has 0 spiro atoms. The van der Waals surface area contributed by atoms with Crippen LogP contribution in [-0.4, -0.2) is 45.5 Å². The molecular weight excluding hydrogens is 380 g/mol. The maximum absolute atomic E-state index is 13.5. The minimum Gasteiger partial charge on any atom is -0.279 e. The molecule has 0 radical (unpaired) electrons. The minimum atomic E-state index is -0.446. The van der Waals surface area contributed by atoms with Crippen LogP contribution in [-0.2, 0) is 19.2 Å². The van der Waals surface area contributed by atoms with Gasteiger partial charge in [0.15, 0.2) is 0 Å². The topological polar surface area (TPSA) is 74.8 Å². The number of allylic oxidation sites excluding steroid dienone is 2. The van der Waals surface area contributed by atoms with Crippen molar-refractivity contribution < 1.29 is 19.2 Å². The second-order valence-electron chi connectivity index (χ2n) is 10.3. The lowest BCUT2D eigenvalue weighted by Crippen LogP contribution is -2.50. The molecule has 30 heavy (non-hydrogen) atoms. The number of imide groups is 2. The van der Waals surface area contributed by atoms with Gasteiger partial charge in [-0.2, -0.15) is 0 Å². The lowest BCUT2D eigenvalue weighted by Gasteiger charge is -2.44. The Labute approximate surface area is 177 Å². The summed E-state index contributed by atoms with van der Waals surface area (Å²) in [7, 11) is 0. The van der Waals surface area contributed by atoms with Crippen molar-refractivity contribution in [3.63, 3.8) is 0 Å². The van der Waals surface area contributed by atoms with Crippen molar-refractivity contribution in [2.24, 2.45) is 35.5 Å². The quantitative estimate of drug-likeness (QED) is 0.518. The lowest BCUT2D eigenvalue weighted by molar-refractivity contribution is -0.143. The molecule has 0 aromatic carbocycles. The van der Waals surface area contributed by atoms with E-state index in [0.717, 1.165) is 64.2 Å². The third-order valence-electron chi connectivity index (χ3n) is 8.96. The van der Waals surface area contributed by atoms with Crippen LogP contribution in [0.3, 0.4) is 0 Å². The van der Waals surface area contributed by atoms with E-state index in [4.69, 9.17) is 0 Å². The van der Waals surface area contributed by atoms with Crippen LogP contribution in [0.1, 0.15) is 64.2 Å². The van der Waals surface area contributed by atoms with Crippen molar-refractivity contribution in [2.75, 3.05) is 0 Å². The molecule has 2 saturated heterocycles. The molecule has 5 fully saturated rings. The van der Waals surface area contributed by atoms with Crippen LogP contribution in [0.25, 0.3) is 0 Å². The van der Waals surface area contributed by atoms with Crippen molar-refractivity contribution in [2.45, 2.75) is 76.3 Å². The van der Waals surface area contributed by atoms with Gasteiger partial charge in [-0.05, 0) is 25.7 Å². The summed E-state index contributed by atoms with van der Waals surface area (Å²) in [5.41, 5.74) is 0. The van der Waals surface area contributed by atoms with Gasteiger partial charge >= 0.3 is 0 Å². The zero-order valence-electron chi connectivity index (χ0n) is 17.4. The molecule has 7 rings (SSSR count). The smallest absolute Gasteiger partial charge is 0.233 e. The summed E-state index contributed by atoms with van der Waals surface area (Å²) in [5.74, 6) is -2.70. The van der Waals surface area contributed by atoms with Gasteiger partial charge in [0.05, 0.1) is 23.7 Å². The van der Waals surface area contributed by atoms with Gasteiger partial charge < -0.3 is 0 Å². The molecule has 4 unspecified atom stereocenters. The molecular formula is C24H30N2O4. The molecule has 2 aliphatic heterocycles. The predicted octanol–water partition coefficient (Wildman–Crippen LogP) is 2.67. The minimum absolute atomic E-state index is 0.00808. The van der Waals surface area contributed by atoms with Crippen molar-refractivity contribution in [1.29, 1.82) is 0 Å². The SMILES string of the molecule is O=C1C2C3C=CC([C@@H]2C(=O)N1C1CCCCC1)[C@H]1C(=O)N(C2CCCCC2)C(=O)C31. The number of nitrogens with zero attached hydrogens (tertiary/aromatic N) is 2. The fraction of sp³-hybridized carbons (Fsp3) is 0.750. The number of hydrogen-bond donors (Lipinski definition) is 0. The summed E-state index contributed by atoms with van der Waals surface area (Å²) in [6, 6.07) is 0.0162. The Balaban J connectivity index is 1.33. The molecule has 5 aliphatic carbocycles. The van der Waals surface area contributed by atoms with Crippen molar-refractivity contribution in [1.82, 2.24) is 9.80 Å². The first-order valence-electron chi connectivity index (χ1n) is 12.0. The Morgan fingerprint density at radius 1 is 0.500 bits per heavy atom. The number of rotatable bonds is 2. The standard InChI is InChI=1S/C24H30N2O4/c27-21-17-15-11-12-16(18(17)22(28)25(21)13-7-3-1-4-8-13)20-19(15)23(29)26(24(20)30)14-9-5-2-6-10-14/h11-20H,1-10H2/t15?,16?,17-,18?,19+,20?. The molecule has 0 aromatic rings. The zero-order valence-corrected chi connectivity index (χ0v) is 17.4. The summed E-state index contributed by atoms with van der Waals surface area (Å²) >= 11 is 0. The summed E-state index contributed by atoms with van der Waals surface area (Å²) in [6.45, 7) is 0. The third-order valence-corrected chi connectivity index (χ3v) is 8.96. The molecule has 6 nitrogen and oxygen atoms in total. The zero-order chi connectivity index (χ0) is 20.6. The highest BCUT2D eigenvalue weighted by Crippen LogP contribution is 2.58. The number of carbonyl (C=O) groups is 4. The van der Waals surface area contributed by atoms with E-state index in [-0.39, 0.29) is 47.5 Å². The molecule has 2 bridgehead atoms. The maximum Gasteiger partial charge on any atom is 0.233 e. The second-order valence-corrected chi connectivity index (χ2v) is 10.3. The number of hydrogen-bond acceptors (Lipinski definition) is 4. The van der Waals surface area contributed by atoms with E-state index in [0.29, 0.717) is 0 Å². The number of amides is 4. The van der Waals surface area contributed by atoms with Crippen LogP contribution >= 0.6 is 0 Å². The molecule has 3 saturated carbocycles. The van der Waals surface area contributed by atoms with E-state index in [2.05, 4.69) is 0 Å². The van der Waals surface area contributed by atoms with Crippen LogP contribution in [0, 0.1) is 35.5 Å². The normalized spacial score (nSPS) is 41.7. The van der Waals surface area contributed by atoms with Crippen LogP contribution < -0.4 is 0 Å². The van der Waals surface area contributed by atoms with Crippen LogP contribution in [0.5, 0.6) is 0 Å². The van der Waals surface area contributed by atoms with Gasteiger partial charge in [-0.3, -0.25) is 29.0 Å². The van der Waals surface area contributed by atoms with Crippen molar-refractivity contribution >= 4 is 23.6 Å². The Kier molecular flexibility index (Phi) is 4.23. The summed E-state index contributed by atoms with van der Waals surface area (Å²) < 4.78 is 0. The number of carbonyl (C=O) groups excluding carboxylic acids is 4. The average molecular weight is 411 g/mol. The van der Waals surface area contributed by atoms with Crippen molar-refractivity contribution in [3.8, 4) is 0 Å². The molecule has 2 heterocycles. The van der Waals surface area contributed by atoms with E-state index < -0.39 is 23.7 Å². The van der Waals surface area contributed by atoms with Gasteiger partial charge in [0.2, 0.25) is 23.6 Å². The molecule has 4 amide bonds. The predicted molar refractivity (Wildman–Crippen MR) is 108 cm³/mol. The monoisotopic (exact) mass is 410 g/mol. The van der Waals surface area contributed by atoms with Gasteiger partial charge in [-0.1, -0.05) is 50.7 Å². The highest BCUT2D eigenvalue weighted by Gasteiger charge is 2.69. The largest absolute Gasteiger partial charge is 0.279 e. The lowest BCUT2D eigenvalue weighted by atomic mass is 9.54. The third kappa shape index (κ3) is 2.36. The maximum atomic E-state index is 13.5. The van der Waals surface area contributed by atoms with E-state index in [1.54, 1.807) is 9.80 Å². The Morgan fingerprint density at radius 2 is 0.800 bits per heavy atom. The fourth-order valence-electron chi connectivity index (χ4n) is 7.67. The first-order valence-corrected chi connectivity index (χ1v) is 12.0. The van der Waals surface area contributed by atoms with Gasteiger partial charge in [0, 0.05) is 23.9 Å². The molecule has 0 N–H and O–H groups in total. The van der Waals surface area contributed by atoms with E-state index in [1.807, 2.05) is 12.2 Å². The molecule has 0 aromatic heterocycles. The van der Waals surface area contributed by atoms with Crippen LogP contribution in [0.4, 0.5) is 0 Å². The highest BCUT2D eigenvalue weighted by atomic mass is 16.2. The van der Waals surface area contributed by atoms with E-state index >= 15 is 0 Å². The molecule has 160 valence electrons. The Hall–Kier alpha value is -1.98. The molecule has 6 heteroatoms. The van der Waals surface area contributed by atoms with Crippen LogP contribution in [0.2, 0.25) is 0 Å². The Morgan fingerprint density at radius 3 is 1.10 bits per heavy atom. The first-order chi connectivity index (χ1) is 14.6. The van der Waals surface area contributed by atoms with Gasteiger partial charge in [0.25, 0.3) is 0 Å². The van der Waals surface area contributed by atoms with Gasteiger partial charge in [-0.25, -0.2) is 0 Å². The average Bonchev–Trinajstić information content (AvgIpc) is 3.22. The van der Waals surface area contributed by atoms with Crippen molar-refractivity contribution in [3.05, 3.63) is 12.2 Å². The van der Waals surface area contributed by atoms with E-state index in [1.165, 1.54) is 0 Å².